The number of halogens is 3. The van der Waals surface area contributed by atoms with E-state index >= 15 is 0 Å². The summed E-state index contributed by atoms with van der Waals surface area (Å²) in [6.07, 6.45) is -0.143. The first kappa shape index (κ1) is 21.0. The lowest BCUT2D eigenvalue weighted by Gasteiger charge is -2.17. The van der Waals surface area contributed by atoms with Crippen LogP contribution in [0.5, 0.6) is 0 Å². The molecule has 30 heavy (non-hydrogen) atoms. The van der Waals surface area contributed by atoms with Crippen LogP contribution < -0.4 is 10.9 Å². The molecule has 0 unspecified atom stereocenters. The zero-order valence-corrected chi connectivity index (χ0v) is 15.7. The zero-order chi connectivity index (χ0) is 21.8. The maximum absolute atomic E-state index is 13.6. The number of likely N-dealkylation sites (N-methyl/N-ethyl adjacent to an activating group) is 1. The van der Waals surface area contributed by atoms with Gasteiger partial charge in [-0.05, 0) is 24.3 Å². The highest BCUT2D eigenvalue weighted by Crippen LogP contribution is 2.19. The third-order valence-corrected chi connectivity index (χ3v) is 4.28. The fourth-order valence-electron chi connectivity index (χ4n) is 2.68. The fourth-order valence-corrected chi connectivity index (χ4v) is 2.68. The third-order valence-electron chi connectivity index (χ3n) is 4.28. The molecule has 0 atom stereocenters. The molecule has 3 aromatic rings. The predicted molar refractivity (Wildman–Crippen MR) is 101 cm³/mol. The number of benzene rings is 2. The lowest BCUT2D eigenvalue weighted by molar-refractivity contribution is -0.133. The summed E-state index contributed by atoms with van der Waals surface area (Å²) in [6.45, 7) is -0.519. The van der Waals surface area contributed by atoms with Crippen molar-refractivity contribution in [2.45, 2.75) is 13.0 Å². The van der Waals surface area contributed by atoms with Crippen LogP contribution in [-0.4, -0.2) is 45.3 Å². The highest BCUT2D eigenvalue weighted by molar-refractivity contribution is 5.94. The van der Waals surface area contributed by atoms with Crippen molar-refractivity contribution in [3.05, 3.63) is 64.2 Å². The summed E-state index contributed by atoms with van der Waals surface area (Å²) in [6, 6.07) is 8.18. The molecule has 1 aromatic heterocycles. The number of aromatic nitrogens is 3. The largest absolute Gasteiger partial charge is 0.336 e. The van der Waals surface area contributed by atoms with Crippen LogP contribution in [-0.2, 0) is 16.1 Å². The fraction of sp³-hybridized carbons (Fsp3) is 0.211. The van der Waals surface area contributed by atoms with Gasteiger partial charge >= 0.3 is 0 Å². The molecule has 0 bridgehead atoms. The summed E-state index contributed by atoms with van der Waals surface area (Å²) in [5.41, 5.74) is -0.510. The number of amides is 2. The van der Waals surface area contributed by atoms with Gasteiger partial charge in [-0.2, -0.15) is 0 Å². The number of fused-ring (bicyclic) bond motifs is 1. The van der Waals surface area contributed by atoms with Gasteiger partial charge in [-0.3, -0.25) is 14.4 Å². The molecule has 156 valence electrons. The van der Waals surface area contributed by atoms with E-state index in [1.54, 1.807) is 24.3 Å². The van der Waals surface area contributed by atoms with Gasteiger partial charge < -0.3 is 10.2 Å². The van der Waals surface area contributed by atoms with Crippen molar-refractivity contribution in [3.63, 3.8) is 0 Å². The van der Waals surface area contributed by atoms with E-state index in [-0.39, 0.29) is 13.0 Å². The lowest BCUT2D eigenvalue weighted by atomic mass is 10.2. The maximum Gasteiger partial charge on any atom is 0.277 e. The van der Waals surface area contributed by atoms with Crippen LogP contribution in [0.1, 0.15) is 6.42 Å². The monoisotopic (exact) mass is 419 g/mol. The molecule has 1 heterocycles. The lowest BCUT2D eigenvalue weighted by Crippen LogP contribution is -2.36. The Labute approximate surface area is 167 Å². The minimum Gasteiger partial charge on any atom is -0.336 e. The predicted octanol–water partition coefficient (Wildman–Crippen LogP) is 1.70. The summed E-state index contributed by atoms with van der Waals surface area (Å²) < 4.78 is 40.8. The third kappa shape index (κ3) is 4.45. The van der Waals surface area contributed by atoms with Crippen molar-refractivity contribution in [1.29, 1.82) is 0 Å². The molecule has 8 nitrogen and oxygen atoms in total. The first-order valence-electron chi connectivity index (χ1n) is 8.77. The minimum atomic E-state index is -1.71. The number of hydrogen-bond donors (Lipinski definition) is 1. The molecule has 0 spiro atoms. The summed E-state index contributed by atoms with van der Waals surface area (Å²) in [5.74, 6) is -5.92. The molecular formula is C19H16F3N5O3. The Morgan fingerprint density at radius 3 is 2.60 bits per heavy atom. The van der Waals surface area contributed by atoms with Crippen LogP contribution in [0.15, 0.2) is 41.2 Å². The Kier molecular flexibility index (Phi) is 6.09. The zero-order valence-electron chi connectivity index (χ0n) is 15.7. The summed E-state index contributed by atoms with van der Waals surface area (Å²) in [4.78, 5) is 37.6. The number of anilines is 1. The number of carbonyl (C=O) groups excluding carboxylic acids is 2. The van der Waals surface area contributed by atoms with Gasteiger partial charge in [-0.1, -0.05) is 17.3 Å². The van der Waals surface area contributed by atoms with Crippen LogP contribution in [0, 0.1) is 17.5 Å². The van der Waals surface area contributed by atoms with Gasteiger partial charge in [0.15, 0.2) is 17.5 Å². The molecule has 0 saturated carbocycles. The Hall–Kier alpha value is -3.76. The van der Waals surface area contributed by atoms with Crippen molar-refractivity contribution in [2.75, 3.05) is 18.9 Å². The van der Waals surface area contributed by atoms with Gasteiger partial charge in [0.1, 0.15) is 5.52 Å². The number of nitrogens with one attached hydrogen (secondary N) is 1. The second-order valence-electron chi connectivity index (χ2n) is 6.41. The molecule has 11 heteroatoms. The average Bonchev–Trinajstić information content (AvgIpc) is 2.73. The molecule has 0 aliphatic rings. The summed E-state index contributed by atoms with van der Waals surface area (Å²) in [5, 5.41) is 10.1. The first-order chi connectivity index (χ1) is 14.3. The van der Waals surface area contributed by atoms with Gasteiger partial charge in [-0.25, -0.2) is 17.9 Å². The number of aryl methyl sites for hydroxylation is 1. The van der Waals surface area contributed by atoms with Crippen LogP contribution >= 0.6 is 0 Å². The molecule has 0 saturated heterocycles. The second kappa shape index (κ2) is 8.72. The van der Waals surface area contributed by atoms with Crippen LogP contribution in [0.2, 0.25) is 0 Å². The van der Waals surface area contributed by atoms with Crippen LogP contribution in [0.25, 0.3) is 10.9 Å². The Morgan fingerprint density at radius 2 is 1.83 bits per heavy atom. The molecular weight excluding hydrogens is 403 g/mol. The van der Waals surface area contributed by atoms with E-state index in [0.717, 1.165) is 15.6 Å². The van der Waals surface area contributed by atoms with Gasteiger partial charge in [0.05, 0.1) is 24.2 Å². The second-order valence-corrected chi connectivity index (χ2v) is 6.41. The Bertz CT molecular complexity index is 1180. The van der Waals surface area contributed by atoms with Crippen molar-refractivity contribution >= 4 is 28.4 Å². The van der Waals surface area contributed by atoms with Crippen molar-refractivity contribution in [2.24, 2.45) is 0 Å². The van der Waals surface area contributed by atoms with E-state index in [9.17, 15) is 27.6 Å². The number of carbonyl (C=O) groups is 2. The maximum atomic E-state index is 13.6. The molecule has 2 aromatic carbocycles. The van der Waals surface area contributed by atoms with Crippen molar-refractivity contribution in [1.82, 2.24) is 19.9 Å². The van der Waals surface area contributed by atoms with Gasteiger partial charge in [0.25, 0.3) is 5.56 Å². The molecule has 0 radical (unpaired) electrons. The number of nitrogens with zero attached hydrogens (tertiary/aromatic N) is 4. The molecule has 2 amide bonds. The number of hydrogen-bond acceptors (Lipinski definition) is 5. The topological polar surface area (TPSA) is 97.2 Å². The van der Waals surface area contributed by atoms with Crippen LogP contribution in [0.3, 0.4) is 0 Å². The van der Waals surface area contributed by atoms with Gasteiger partial charge in [-0.15, -0.1) is 5.10 Å². The van der Waals surface area contributed by atoms with E-state index in [0.29, 0.717) is 17.0 Å². The van der Waals surface area contributed by atoms with Crippen LogP contribution in [0.4, 0.5) is 18.9 Å². The van der Waals surface area contributed by atoms with E-state index in [1.807, 2.05) is 0 Å². The van der Waals surface area contributed by atoms with E-state index < -0.39 is 47.1 Å². The highest BCUT2D eigenvalue weighted by Gasteiger charge is 2.18. The van der Waals surface area contributed by atoms with E-state index in [1.165, 1.54) is 7.05 Å². The minimum absolute atomic E-state index is 0.0563. The van der Waals surface area contributed by atoms with E-state index in [2.05, 4.69) is 15.6 Å². The standard InChI is InChI=1S/C19H16F3N5O3/c1-26(10-15(28)23-14-7-6-12(20)17(21)18(14)22)16(29)8-9-27-19(30)11-4-2-3-5-13(11)24-25-27/h2-7H,8-10H2,1H3,(H,23,28). The van der Waals surface area contributed by atoms with Gasteiger partial charge in [0, 0.05) is 13.5 Å². The highest BCUT2D eigenvalue weighted by atomic mass is 19.2. The Morgan fingerprint density at radius 1 is 1.10 bits per heavy atom. The summed E-state index contributed by atoms with van der Waals surface area (Å²) in [7, 11) is 1.33. The van der Waals surface area contributed by atoms with E-state index in [4.69, 9.17) is 0 Å². The Balaban J connectivity index is 1.58. The van der Waals surface area contributed by atoms with Crippen molar-refractivity contribution in [3.8, 4) is 0 Å². The quantitative estimate of drug-likeness (QED) is 0.614. The molecule has 3 rings (SSSR count). The molecule has 0 aliphatic carbocycles. The molecule has 1 N–H and O–H groups in total. The molecule has 0 fully saturated rings. The van der Waals surface area contributed by atoms with Gasteiger partial charge in [0.2, 0.25) is 11.8 Å². The number of rotatable bonds is 6. The smallest absolute Gasteiger partial charge is 0.277 e. The SMILES string of the molecule is CN(CC(=O)Nc1ccc(F)c(F)c1F)C(=O)CCn1nnc2ccccc2c1=O. The molecule has 0 aliphatic heterocycles. The average molecular weight is 419 g/mol. The first-order valence-corrected chi connectivity index (χ1v) is 8.77. The van der Waals surface area contributed by atoms with Crippen molar-refractivity contribution < 1.29 is 22.8 Å². The summed E-state index contributed by atoms with van der Waals surface area (Å²) >= 11 is 0. The normalized spacial score (nSPS) is 10.8.